The molecule has 2 aromatic rings. The number of nitrogens with one attached hydrogen (secondary N) is 1. The molecule has 2 rings (SSSR count). The molecule has 1 heterocycles. The summed E-state index contributed by atoms with van der Waals surface area (Å²) < 4.78 is 5.23. The van der Waals surface area contributed by atoms with Gasteiger partial charge in [-0.1, -0.05) is 51.1 Å². The molecule has 0 aliphatic carbocycles. The molecule has 1 amide bonds. The van der Waals surface area contributed by atoms with Crippen LogP contribution in [0.15, 0.2) is 30.3 Å². The maximum Gasteiger partial charge on any atom is 0.341 e. The van der Waals surface area contributed by atoms with Crippen LogP contribution in [0.5, 0.6) is 0 Å². The van der Waals surface area contributed by atoms with Crippen molar-refractivity contribution in [3.05, 3.63) is 40.8 Å². The summed E-state index contributed by atoms with van der Waals surface area (Å²) in [7, 11) is 0. The minimum atomic E-state index is -0.545. The lowest BCUT2D eigenvalue weighted by atomic mass is 9.95. The summed E-state index contributed by atoms with van der Waals surface area (Å²) in [4.78, 5) is 25.9. The molecule has 0 saturated heterocycles. The molecule has 1 N–H and O–H groups in total. The molecule has 4 nitrogen and oxygen atoms in total. The second-order valence-corrected chi connectivity index (χ2v) is 7.75. The van der Waals surface area contributed by atoms with Gasteiger partial charge in [0.25, 0.3) is 0 Å². The fourth-order valence-electron chi connectivity index (χ4n) is 2.27. The molecule has 0 fully saturated rings. The van der Waals surface area contributed by atoms with E-state index in [2.05, 4.69) is 5.32 Å². The van der Waals surface area contributed by atoms with Crippen LogP contribution in [0, 0.1) is 12.3 Å². The van der Waals surface area contributed by atoms with Crippen molar-refractivity contribution in [3.63, 3.8) is 0 Å². The van der Waals surface area contributed by atoms with Gasteiger partial charge in [0, 0.05) is 15.9 Å². The number of anilines is 1. The molecule has 0 aliphatic heterocycles. The van der Waals surface area contributed by atoms with E-state index < -0.39 is 11.4 Å². The van der Waals surface area contributed by atoms with Gasteiger partial charge in [0.15, 0.2) is 0 Å². The summed E-state index contributed by atoms with van der Waals surface area (Å²) in [5.41, 5.74) is 1.65. The van der Waals surface area contributed by atoms with Crippen molar-refractivity contribution in [3.8, 4) is 11.1 Å². The van der Waals surface area contributed by atoms with Crippen molar-refractivity contribution in [2.24, 2.45) is 5.41 Å². The molecule has 0 unspecified atom stereocenters. The molecule has 1 aromatic heterocycles. The van der Waals surface area contributed by atoms with Gasteiger partial charge in [0.2, 0.25) is 5.91 Å². The van der Waals surface area contributed by atoms with Crippen LogP contribution >= 0.6 is 11.3 Å². The van der Waals surface area contributed by atoms with Gasteiger partial charge in [0.1, 0.15) is 10.6 Å². The molecule has 24 heavy (non-hydrogen) atoms. The average molecular weight is 345 g/mol. The van der Waals surface area contributed by atoms with E-state index in [4.69, 9.17) is 4.74 Å². The number of rotatable bonds is 4. The van der Waals surface area contributed by atoms with Crippen LogP contribution in [0.1, 0.15) is 42.9 Å². The van der Waals surface area contributed by atoms with E-state index in [0.717, 1.165) is 16.0 Å². The van der Waals surface area contributed by atoms with Gasteiger partial charge in [0.05, 0.1) is 6.61 Å². The molecule has 5 heteroatoms. The van der Waals surface area contributed by atoms with Crippen LogP contribution < -0.4 is 5.32 Å². The highest BCUT2D eigenvalue weighted by molar-refractivity contribution is 7.17. The van der Waals surface area contributed by atoms with Crippen LogP contribution in [0.25, 0.3) is 11.1 Å². The van der Waals surface area contributed by atoms with Gasteiger partial charge >= 0.3 is 5.97 Å². The maximum absolute atomic E-state index is 12.5. The van der Waals surface area contributed by atoms with Crippen LogP contribution in [-0.2, 0) is 9.53 Å². The highest BCUT2D eigenvalue weighted by Gasteiger charge is 2.28. The Morgan fingerprint density at radius 1 is 1.17 bits per heavy atom. The molecule has 1 aromatic carbocycles. The summed E-state index contributed by atoms with van der Waals surface area (Å²) in [6.45, 7) is 9.52. The number of hydrogen-bond donors (Lipinski definition) is 1. The minimum Gasteiger partial charge on any atom is -0.462 e. The van der Waals surface area contributed by atoms with Crippen molar-refractivity contribution >= 4 is 28.2 Å². The van der Waals surface area contributed by atoms with Crippen molar-refractivity contribution in [1.29, 1.82) is 0 Å². The number of esters is 1. The van der Waals surface area contributed by atoms with Crippen LogP contribution in [0.2, 0.25) is 0 Å². The first-order valence-corrected chi connectivity index (χ1v) is 8.74. The first-order valence-electron chi connectivity index (χ1n) is 7.93. The Balaban J connectivity index is 2.56. The number of ether oxygens (including phenoxy) is 1. The zero-order chi connectivity index (χ0) is 17.9. The lowest BCUT2D eigenvalue weighted by molar-refractivity contribution is -0.123. The molecule has 0 aliphatic rings. The number of thiophene rings is 1. The molecule has 128 valence electrons. The summed E-state index contributed by atoms with van der Waals surface area (Å²) in [5.74, 6) is -0.543. The second kappa shape index (κ2) is 7.18. The van der Waals surface area contributed by atoms with E-state index in [1.165, 1.54) is 11.3 Å². The summed E-state index contributed by atoms with van der Waals surface area (Å²) in [6, 6.07) is 9.68. The number of aryl methyl sites for hydroxylation is 1. The average Bonchev–Trinajstić information content (AvgIpc) is 2.83. The van der Waals surface area contributed by atoms with Crippen LogP contribution in [-0.4, -0.2) is 18.5 Å². The first-order chi connectivity index (χ1) is 11.3. The number of carbonyl (C=O) groups is 2. The lowest BCUT2D eigenvalue weighted by Gasteiger charge is -2.17. The predicted octanol–water partition coefficient (Wildman–Crippen LogP) is 4.88. The quantitative estimate of drug-likeness (QED) is 0.803. The third-order valence-electron chi connectivity index (χ3n) is 3.53. The minimum absolute atomic E-state index is 0.131. The topological polar surface area (TPSA) is 55.4 Å². The SMILES string of the molecule is CCOC(=O)c1c(NC(=O)C(C)(C)C)sc(C)c1-c1ccccc1. The first kappa shape index (κ1) is 18.2. The lowest BCUT2D eigenvalue weighted by Crippen LogP contribution is -2.28. The standard InChI is InChI=1S/C19H23NO3S/c1-6-23-17(21)15-14(13-10-8-7-9-11-13)12(2)24-16(15)20-18(22)19(3,4)5/h7-11H,6H2,1-5H3,(H,20,22). The van der Waals surface area contributed by atoms with Gasteiger partial charge in [-0.3, -0.25) is 4.79 Å². The third-order valence-corrected chi connectivity index (χ3v) is 4.56. The van der Waals surface area contributed by atoms with Crippen molar-refractivity contribution < 1.29 is 14.3 Å². The third kappa shape index (κ3) is 3.85. The van der Waals surface area contributed by atoms with Gasteiger partial charge in [-0.05, 0) is 19.4 Å². The normalized spacial score (nSPS) is 11.2. The van der Waals surface area contributed by atoms with E-state index in [1.807, 2.05) is 58.0 Å². The predicted molar refractivity (Wildman–Crippen MR) is 98.5 cm³/mol. The fraction of sp³-hybridized carbons (Fsp3) is 0.368. The van der Waals surface area contributed by atoms with E-state index in [0.29, 0.717) is 10.6 Å². The van der Waals surface area contributed by atoms with E-state index >= 15 is 0 Å². The Morgan fingerprint density at radius 3 is 2.33 bits per heavy atom. The second-order valence-electron chi connectivity index (χ2n) is 6.53. The molecule has 0 radical (unpaired) electrons. The Labute approximate surface area is 146 Å². The Bertz CT molecular complexity index is 742. The van der Waals surface area contributed by atoms with Crippen molar-refractivity contribution in [2.75, 3.05) is 11.9 Å². The Hall–Kier alpha value is -2.14. The summed E-state index contributed by atoms with van der Waals surface area (Å²) >= 11 is 1.40. The van der Waals surface area contributed by atoms with E-state index in [9.17, 15) is 9.59 Å². The molecule has 0 atom stereocenters. The number of carbonyl (C=O) groups excluding carboxylic acids is 2. The van der Waals surface area contributed by atoms with Gasteiger partial charge in [-0.15, -0.1) is 11.3 Å². The molecule has 0 saturated carbocycles. The van der Waals surface area contributed by atoms with Gasteiger partial charge in [-0.25, -0.2) is 4.79 Å². The fourth-order valence-corrected chi connectivity index (χ4v) is 3.33. The highest BCUT2D eigenvalue weighted by atomic mass is 32.1. The van der Waals surface area contributed by atoms with Crippen LogP contribution in [0.4, 0.5) is 5.00 Å². The van der Waals surface area contributed by atoms with Crippen molar-refractivity contribution in [1.82, 2.24) is 0 Å². The number of benzene rings is 1. The zero-order valence-corrected chi connectivity index (χ0v) is 15.5. The van der Waals surface area contributed by atoms with Gasteiger partial charge in [-0.2, -0.15) is 0 Å². The zero-order valence-electron chi connectivity index (χ0n) is 14.7. The Morgan fingerprint density at radius 2 is 1.79 bits per heavy atom. The molecular formula is C19H23NO3S. The molecule has 0 bridgehead atoms. The number of amides is 1. The largest absolute Gasteiger partial charge is 0.462 e. The number of hydrogen-bond acceptors (Lipinski definition) is 4. The van der Waals surface area contributed by atoms with Crippen LogP contribution in [0.3, 0.4) is 0 Å². The monoisotopic (exact) mass is 345 g/mol. The van der Waals surface area contributed by atoms with Crippen molar-refractivity contribution in [2.45, 2.75) is 34.6 Å². The van der Waals surface area contributed by atoms with E-state index in [1.54, 1.807) is 6.92 Å². The highest BCUT2D eigenvalue weighted by Crippen LogP contribution is 2.40. The van der Waals surface area contributed by atoms with E-state index in [-0.39, 0.29) is 12.5 Å². The Kier molecular flexibility index (Phi) is 5.44. The molecule has 0 spiro atoms. The molecular weight excluding hydrogens is 322 g/mol. The van der Waals surface area contributed by atoms with Gasteiger partial charge < -0.3 is 10.1 Å². The summed E-state index contributed by atoms with van der Waals surface area (Å²) in [6.07, 6.45) is 0. The maximum atomic E-state index is 12.5. The summed E-state index contributed by atoms with van der Waals surface area (Å²) in [5, 5.41) is 3.45. The smallest absolute Gasteiger partial charge is 0.341 e.